The number of ether oxygens (including phenoxy) is 1. The zero-order valence-corrected chi connectivity index (χ0v) is 18.6. The molecule has 0 aliphatic carbocycles. The van der Waals surface area contributed by atoms with Gasteiger partial charge in [0, 0.05) is 30.9 Å². The Kier molecular flexibility index (Phi) is 7.05. The maximum Gasteiger partial charge on any atom is 0.259 e. The van der Waals surface area contributed by atoms with Gasteiger partial charge in [0.15, 0.2) is 12.4 Å². The third kappa shape index (κ3) is 5.40. The largest absolute Gasteiger partial charge is 0.484 e. The van der Waals surface area contributed by atoms with Crippen LogP contribution in [0.5, 0.6) is 5.75 Å². The molecule has 1 N–H and O–H groups in total. The number of rotatable bonds is 7. The van der Waals surface area contributed by atoms with Crippen molar-refractivity contribution in [1.82, 2.24) is 4.90 Å². The monoisotopic (exact) mass is 430 g/mol. The Balaban J connectivity index is 1.76. The quantitative estimate of drug-likeness (QED) is 0.569. The van der Waals surface area contributed by atoms with E-state index in [0.29, 0.717) is 28.1 Å². The van der Waals surface area contributed by atoms with Crippen LogP contribution in [0.4, 0.5) is 5.69 Å². The Labute approximate surface area is 187 Å². The maximum absolute atomic E-state index is 13.2. The zero-order chi connectivity index (χ0) is 23.3. The molecular weight excluding hydrogens is 404 g/mol. The van der Waals surface area contributed by atoms with Gasteiger partial charge in [-0.15, -0.1) is 0 Å². The Morgan fingerprint density at radius 2 is 1.50 bits per heavy atom. The van der Waals surface area contributed by atoms with E-state index in [9.17, 15) is 14.4 Å². The second-order valence-electron chi connectivity index (χ2n) is 7.75. The summed E-state index contributed by atoms with van der Waals surface area (Å²) in [6.45, 7) is 3.75. The molecule has 6 nitrogen and oxygen atoms in total. The summed E-state index contributed by atoms with van der Waals surface area (Å²) in [6.07, 6.45) is 0. The number of nitrogens with zero attached hydrogens (tertiary/aromatic N) is 1. The van der Waals surface area contributed by atoms with Crippen LogP contribution < -0.4 is 10.1 Å². The van der Waals surface area contributed by atoms with Gasteiger partial charge in [-0.25, -0.2) is 0 Å². The number of anilines is 1. The smallest absolute Gasteiger partial charge is 0.259 e. The summed E-state index contributed by atoms with van der Waals surface area (Å²) in [6, 6.07) is 19.2. The number of amides is 2. The summed E-state index contributed by atoms with van der Waals surface area (Å²) in [5.41, 5.74) is 3.63. The van der Waals surface area contributed by atoms with Gasteiger partial charge >= 0.3 is 0 Å². The molecule has 0 radical (unpaired) electrons. The minimum Gasteiger partial charge on any atom is -0.484 e. The Morgan fingerprint density at radius 1 is 0.844 bits per heavy atom. The van der Waals surface area contributed by atoms with Crippen molar-refractivity contribution in [2.75, 3.05) is 26.0 Å². The molecule has 0 saturated heterocycles. The van der Waals surface area contributed by atoms with E-state index in [4.69, 9.17) is 4.74 Å². The fourth-order valence-corrected chi connectivity index (χ4v) is 3.11. The lowest BCUT2D eigenvalue weighted by atomic mass is 9.94. The van der Waals surface area contributed by atoms with Crippen LogP contribution in [0.1, 0.15) is 37.4 Å². The molecule has 0 aliphatic rings. The van der Waals surface area contributed by atoms with E-state index in [0.717, 1.165) is 11.1 Å². The fraction of sp³-hybridized carbons (Fsp3) is 0.192. The number of hydrogen-bond acceptors (Lipinski definition) is 4. The molecule has 0 unspecified atom stereocenters. The van der Waals surface area contributed by atoms with Crippen LogP contribution in [0.3, 0.4) is 0 Å². The number of hydrogen-bond donors (Lipinski definition) is 1. The number of likely N-dealkylation sites (N-methyl/N-ethyl adjacent to an activating group) is 1. The third-order valence-electron chi connectivity index (χ3n) is 5.03. The standard InChI is InChI=1S/C26H26N2O4/c1-17-9-10-18(2)23(15-17)25(30)21-7-5-6-8-22(21)26(31)27-19-11-13-20(14-12-19)32-16-24(29)28(3)4/h5-15H,16H2,1-4H3,(H,27,31). The zero-order valence-electron chi connectivity index (χ0n) is 18.6. The van der Waals surface area contributed by atoms with Crippen molar-refractivity contribution in [2.24, 2.45) is 0 Å². The molecule has 0 heterocycles. The second kappa shape index (κ2) is 9.92. The van der Waals surface area contributed by atoms with Crippen LogP contribution in [-0.2, 0) is 4.79 Å². The highest BCUT2D eigenvalue weighted by Crippen LogP contribution is 2.21. The average molecular weight is 431 g/mol. The minimum absolute atomic E-state index is 0.0629. The van der Waals surface area contributed by atoms with Crippen molar-refractivity contribution in [3.05, 3.63) is 94.5 Å². The van der Waals surface area contributed by atoms with Crippen molar-refractivity contribution in [1.29, 1.82) is 0 Å². The van der Waals surface area contributed by atoms with Crippen LogP contribution in [0.2, 0.25) is 0 Å². The molecule has 0 saturated carbocycles. The number of ketones is 1. The number of aryl methyl sites for hydroxylation is 2. The van der Waals surface area contributed by atoms with Crippen molar-refractivity contribution >= 4 is 23.3 Å². The van der Waals surface area contributed by atoms with Crippen LogP contribution >= 0.6 is 0 Å². The lowest BCUT2D eigenvalue weighted by Gasteiger charge is -2.13. The highest BCUT2D eigenvalue weighted by Gasteiger charge is 2.19. The van der Waals surface area contributed by atoms with Crippen LogP contribution in [-0.4, -0.2) is 43.2 Å². The summed E-state index contributed by atoms with van der Waals surface area (Å²) < 4.78 is 5.45. The predicted octanol–water partition coefficient (Wildman–Crippen LogP) is 4.25. The average Bonchev–Trinajstić information content (AvgIpc) is 2.79. The fourth-order valence-electron chi connectivity index (χ4n) is 3.11. The van der Waals surface area contributed by atoms with E-state index in [2.05, 4.69) is 5.32 Å². The summed E-state index contributed by atoms with van der Waals surface area (Å²) in [4.78, 5) is 39.2. The lowest BCUT2D eigenvalue weighted by Crippen LogP contribution is -2.27. The van der Waals surface area contributed by atoms with Crippen molar-refractivity contribution in [2.45, 2.75) is 13.8 Å². The molecule has 32 heavy (non-hydrogen) atoms. The lowest BCUT2D eigenvalue weighted by molar-refractivity contribution is -0.130. The molecule has 2 amide bonds. The topological polar surface area (TPSA) is 75.7 Å². The molecule has 0 aromatic heterocycles. The molecule has 3 aromatic rings. The number of nitrogens with one attached hydrogen (secondary N) is 1. The molecule has 0 atom stereocenters. The van der Waals surface area contributed by atoms with Gasteiger partial charge in [-0.3, -0.25) is 14.4 Å². The molecule has 3 aromatic carbocycles. The van der Waals surface area contributed by atoms with Gasteiger partial charge in [-0.05, 0) is 55.8 Å². The summed E-state index contributed by atoms with van der Waals surface area (Å²) >= 11 is 0. The normalized spacial score (nSPS) is 10.4. The van der Waals surface area contributed by atoms with Gasteiger partial charge < -0.3 is 15.0 Å². The van der Waals surface area contributed by atoms with Gasteiger partial charge in [0.25, 0.3) is 11.8 Å². The first-order chi connectivity index (χ1) is 15.3. The summed E-state index contributed by atoms with van der Waals surface area (Å²) in [5, 5.41) is 2.82. The van der Waals surface area contributed by atoms with Gasteiger partial charge in [0.1, 0.15) is 5.75 Å². The van der Waals surface area contributed by atoms with Crippen LogP contribution in [0.25, 0.3) is 0 Å². The van der Waals surface area contributed by atoms with Crippen molar-refractivity contribution in [3.63, 3.8) is 0 Å². The van der Waals surface area contributed by atoms with Crippen LogP contribution in [0, 0.1) is 13.8 Å². The first kappa shape index (κ1) is 22.7. The van der Waals surface area contributed by atoms with E-state index < -0.39 is 0 Å². The number of carbonyl (C=O) groups excluding carboxylic acids is 3. The first-order valence-electron chi connectivity index (χ1n) is 10.2. The molecule has 3 rings (SSSR count). The van der Waals surface area contributed by atoms with Crippen molar-refractivity contribution in [3.8, 4) is 5.75 Å². The molecular formula is C26H26N2O4. The molecule has 0 fully saturated rings. The Bertz CT molecular complexity index is 1150. The van der Waals surface area contributed by atoms with Gasteiger partial charge in [0.2, 0.25) is 0 Å². The first-order valence-corrected chi connectivity index (χ1v) is 10.2. The van der Waals surface area contributed by atoms with Crippen LogP contribution in [0.15, 0.2) is 66.7 Å². The molecule has 6 heteroatoms. The minimum atomic E-state index is -0.379. The van der Waals surface area contributed by atoms with Gasteiger partial charge in [-0.2, -0.15) is 0 Å². The van der Waals surface area contributed by atoms with E-state index in [1.54, 1.807) is 62.6 Å². The predicted molar refractivity (Wildman–Crippen MR) is 124 cm³/mol. The van der Waals surface area contributed by atoms with Crippen molar-refractivity contribution < 1.29 is 19.1 Å². The highest BCUT2D eigenvalue weighted by molar-refractivity contribution is 6.18. The molecule has 0 spiro atoms. The SMILES string of the molecule is Cc1ccc(C)c(C(=O)c2ccccc2C(=O)Nc2ccc(OCC(=O)N(C)C)cc2)c1. The van der Waals surface area contributed by atoms with E-state index in [-0.39, 0.29) is 24.2 Å². The maximum atomic E-state index is 13.2. The molecule has 0 bridgehead atoms. The second-order valence-corrected chi connectivity index (χ2v) is 7.75. The van der Waals surface area contributed by atoms with E-state index in [1.165, 1.54) is 4.90 Å². The summed E-state index contributed by atoms with van der Waals surface area (Å²) in [7, 11) is 3.32. The Hall–Kier alpha value is -3.93. The van der Waals surface area contributed by atoms with Gasteiger partial charge in [0.05, 0.1) is 5.56 Å². The number of carbonyl (C=O) groups is 3. The molecule has 164 valence electrons. The highest BCUT2D eigenvalue weighted by atomic mass is 16.5. The Morgan fingerprint density at radius 3 is 2.16 bits per heavy atom. The van der Waals surface area contributed by atoms with E-state index >= 15 is 0 Å². The van der Waals surface area contributed by atoms with E-state index in [1.807, 2.05) is 32.0 Å². The molecule has 0 aliphatic heterocycles. The summed E-state index contributed by atoms with van der Waals surface area (Å²) in [5.74, 6) is -0.196. The van der Waals surface area contributed by atoms with Gasteiger partial charge in [-0.1, -0.05) is 35.9 Å². The third-order valence-corrected chi connectivity index (χ3v) is 5.03. The number of benzene rings is 3.